The number of aryl methyl sites for hydroxylation is 1. The predicted molar refractivity (Wildman–Crippen MR) is 67.8 cm³/mol. The van der Waals surface area contributed by atoms with E-state index in [1.165, 1.54) is 5.56 Å². The number of carbonyl (C=O) groups excluding carboxylic acids is 1. The number of nitrogens with zero attached hydrogens (tertiary/aromatic N) is 2. The van der Waals surface area contributed by atoms with Crippen LogP contribution in [-0.2, 0) is 4.79 Å². The molecular weight excluding hydrogens is 200 g/mol. The minimum Gasteiger partial charge on any atom is -0.315 e. The molecule has 0 aliphatic carbocycles. The molecule has 0 N–H and O–H groups in total. The second kappa shape index (κ2) is 5.66. The van der Waals surface area contributed by atoms with Crippen LogP contribution in [0.5, 0.6) is 0 Å². The lowest BCUT2D eigenvalue weighted by Crippen LogP contribution is -2.29. The fourth-order valence-electron chi connectivity index (χ4n) is 1.40. The normalized spacial score (nSPS) is 10.6. The van der Waals surface area contributed by atoms with Crippen molar-refractivity contribution in [2.24, 2.45) is 0 Å². The van der Waals surface area contributed by atoms with Crippen molar-refractivity contribution < 1.29 is 4.79 Å². The molecule has 1 aromatic carbocycles. The summed E-state index contributed by atoms with van der Waals surface area (Å²) in [4.78, 5) is 15.6. The van der Waals surface area contributed by atoms with Gasteiger partial charge in [-0.15, -0.1) is 0 Å². The number of rotatable bonds is 4. The second-order valence-corrected chi connectivity index (χ2v) is 4.34. The smallest absolute Gasteiger partial charge is 0.228 e. The van der Waals surface area contributed by atoms with Crippen molar-refractivity contribution in [1.29, 1.82) is 0 Å². The Kier molecular flexibility index (Phi) is 4.50. The van der Waals surface area contributed by atoms with E-state index in [2.05, 4.69) is 0 Å². The lowest BCUT2D eigenvalue weighted by atomic mass is 10.2. The van der Waals surface area contributed by atoms with Gasteiger partial charge in [-0.3, -0.25) is 4.79 Å². The lowest BCUT2D eigenvalue weighted by molar-refractivity contribution is -0.118. The van der Waals surface area contributed by atoms with E-state index >= 15 is 0 Å². The van der Waals surface area contributed by atoms with Gasteiger partial charge in [0.15, 0.2) is 0 Å². The monoisotopic (exact) mass is 220 g/mol. The zero-order valence-electron chi connectivity index (χ0n) is 10.5. The van der Waals surface area contributed by atoms with Gasteiger partial charge in [0.25, 0.3) is 0 Å². The van der Waals surface area contributed by atoms with Crippen molar-refractivity contribution in [3.05, 3.63) is 29.8 Å². The highest BCUT2D eigenvalue weighted by Gasteiger charge is 2.10. The number of benzene rings is 1. The van der Waals surface area contributed by atoms with E-state index in [-0.39, 0.29) is 5.91 Å². The van der Waals surface area contributed by atoms with Crippen LogP contribution in [0.2, 0.25) is 0 Å². The van der Waals surface area contributed by atoms with Gasteiger partial charge in [-0.2, -0.15) is 0 Å². The SMILES string of the molecule is Cc1ccc(N(C)C(=O)CCN(C)C)cc1. The van der Waals surface area contributed by atoms with Crippen LogP contribution in [0.15, 0.2) is 24.3 Å². The van der Waals surface area contributed by atoms with Crippen LogP contribution in [0.3, 0.4) is 0 Å². The Hall–Kier alpha value is -1.35. The molecular formula is C13H20N2O. The average Bonchev–Trinajstić information content (AvgIpc) is 2.26. The first-order chi connectivity index (χ1) is 7.50. The fraction of sp³-hybridized carbons (Fsp3) is 0.462. The highest BCUT2D eigenvalue weighted by molar-refractivity contribution is 5.92. The van der Waals surface area contributed by atoms with E-state index in [0.717, 1.165) is 12.2 Å². The summed E-state index contributed by atoms with van der Waals surface area (Å²) < 4.78 is 0. The maximum Gasteiger partial charge on any atom is 0.228 e. The number of amides is 1. The quantitative estimate of drug-likeness (QED) is 0.774. The Morgan fingerprint density at radius 1 is 1.12 bits per heavy atom. The van der Waals surface area contributed by atoms with Crippen LogP contribution in [0.4, 0.5) is 5.69 Å². The molecule has 1 aromatic rings. The molecule has 88 valence electrons. The van der Waals surface area contributed by atoms with E-state index in [9.17, 15) is 4.79 Å². The third kappa shape index (κ3) is 3.66. The van der Waals surface area contributed by atoms with Gasteiger partial charge in [0.05, 0.1) is 0 Å². The summed E-state index contributed by atoms with van der Waals surface area (Å²) >= 11 is 0. The Balaban J connectivity index is 2.59. The maximum atomic E-state index is 11.8. The molecule has 1 amide bonds. The Morgan fingerprint density at radius 3 is 2.19 bits per heavy atom. The number of anilines is 1. The van der Waals surface area contributed by atoms with Crippen molar-refractivity contribution >= 4 is 11.6 Å². The van der Waals surface area contributed by atoms with Crippen molar-refractivity contribution in [3.8, 4) is 0 Å². The maximum absolute atomic E-state index is 11.8. The fourth-order valence-corrected chi connectivity index (χ4v) is 1.40. The summed E-state index contributed by atoms with van der Waals surface area (Å²) in [5.74, 6) is 0.151. The molecule has 0 fully saturated rings. The summed E-state index contributed by atoms with van der Waals surface area (Å²) in [7, 11) is 5.76. The minimum absolute atomic E-state index is 0.151. The molecule has 0 radical (unpaired) electrons. The van der Waals surface area contributed by atoms with E-state index in [1.54, 1.807) is 4.90 Å². The van der Waals surface area contributed by atoms with E-state index in [1.807, 2.05) is 57.2 Å². The van der Waals surface area contributed by atoms with Crippen LogP contribution in [0, 0.1) is 6.92 Å². The predicted octanol–water partition coefficient (Wildman–Crippen LogP) is 1.91. The van der Waals surface area contributed by atoms with Crippen LogP contribution >= 0.6 is 0 Å². The molecule has 0 saturated heterocycles. The molecule has 0 bridgehead atoms. The van der Waals surface area contributed by atoms with Gasteiger partial charge in [-0.1, -0.05) is 17.7 Å². The van der Waals surface area contributed by atoms with Gasteiger partial charge in [0.2, 0.25) is 5.91 Å². The largest absolute Gasteiger partial charge is 0.315 e. The zero-order valence-corrected chi connectivity index (χ0v) is 10.5. The van der Waals surface area contributed by atoms with Crippen molar-refractivity contribution in [2.45, 2.75) is 13.3 Å². The summed E-state index contributed by atoms with van der Waals surface area (Å²) in [5, 5.41) is 0. The van der Waals surface area contributed by atoms with Crippen LogP contribution in [0.1, 0.15) is 12.0 Å². The standard InChI is InChI=1S/C13H20N2O/c1-11-5-7-12(8-6-11)15(4)13(16)9-10-14(2)3/h5-8H,9-10H2,1-4H3. The topological polar surface area (TPSA) is 23.6 Å². The van der Waals surface area contributed by atoms with Crippen LogP contribution < -0.4 is 4.90 Å². The first-order valence-electron chi connectivity index (χ1n) is 5.48. The van der Waals surface area contributed by atoms with E-state index in [4.69, 9.17) is 0 Å². The molecule has 0 unspecified atom stereocenters. The molecule has 0 spiro atoms. The highest BCUT2D eigenvalue weighted by Crippen LogP contribution is 2.14. The van der Waals surface area contributed by atoms with Gasteiger partial charge in [0.1, 0.15) is 0 Å². The van der Waals surface area contributed by atoms with Gasteiger partial charge in [-0.05, 0) is 33.2 Å². The first kappa shape index (κ1) is 12.7. The molecule has 0 heterocycles. The van der Waals surface area contributed by atoms with E-state index < -0.39 is 0 Å². The van der Waals surface area contributed by atoms with Crippen molar-refractivity contribution in [2.75, 3.05) is 32.6 Å². The molecule has 0 aromatic heterocycles. The van der Waals surface area contributed by atoms with Gasteiger partial charge < -0.3 is 9.80 Å². The van der Waals surface area contributed by atoms with Crippen molar-refractivity contribution in [1.82, 2.24) is 4.90 Å². The Labute approximate surface area is 97.7 Å². The Bertz CT molecular complexity index is 343. The summed E-state index contributed by atoms with van der Waals surface area (Å²) in [6.07, 6.45) is 0.553. The summed E-state index contributed by atoms with van der Waals surface area (Å²) in [5.41, 5.74) is 2.16. The van der Waals surface area contributed by atoms with Crippen molar-refractivity contribution in [3.63, 3.8) is 0 Å². The van der Waals surface area contributed by atoms with Gasteiger partial charge in [-0.25, -0.2) is 0 Å². The second-order valence-electron chi connectivity index (χ2n) is 4.34. The molecule has 0 atom stereocenters. The van der Waals surface area contributed by atoms with Gasteiger partial charge in [0, 0.05) is 25.7 Å². The van der Waals surface area contributed by atoms with E-state index in [0.29, 0.717) is 6.42 Å². The zero-order chi connectivity index (χ0) is 12.1. The summed E-state index contributed by atoms with van der Waals surface area (Å²) in [6, 6.07) is 7.99. The van der Waals surface area contributed by atoms with Gasteiger partial charge >= 0.3 is 0 Å². The average molecular weight is 220 g/mol. The highest BCUT2D eigenvalue weighted by atomic mass is 16.2. The first-order valence-corrected chi connectivity index (χ1v) is 5.48. The third-order valence-corrected chi connectivity index (χ3v) is 2.57. The van der Waals surface area contributed by atoms with Crippen LogP contribution in [-0.4, -0.2) is 38.5 Å². The third-order valence-electron chi connectivity index (χ3n) is 2.57. The molecule has 0 aliphatic rings. The molecule has 3 nitrogen and oxygen atoms in total. The molecule has 0 saturated carbocycles. The number of hydrogen-bond acceptors (Lipinski definition) is 2. The van der Waals surface area contributed by atoms with Crippen LogP contribution in [0.25, 0.3) is 0 Å². The molecule has 1 rings (SSSR count). The Morgan fingerprint density at radius 2 is 1.69 bits per heavy atom. The minimum atomic E-state index is 0.151. The summed E-state index contributed by atoms with van der Waals surface area (Å²) in [6.45, 7) is 2.83. The number of carbonyl (C=O) groups is 1. The lowest BCUT2D eigenvalue weighted by Gasteiger charge is -2.18. The molecule has 16 heavy (non-hydrogen) atoms. The molecule has 0 aliphatic heterocycles. The number of hydrogen-bond donors (Lipinski definition) is 0. The molecule has 3 heteroatoms.